The minimum Gasteiger partial charge on any atom is -0.337 e. The van der Waals surface area contributed by atoms with Gasteiger partial charge in [-0.1, -0.05) is 83.9 Å². The van der Waals surface area contributed by atoms with Crippen LogP contribution in [0.3, 0.4) is 0 Å². The van der Waals surface area contributed by atoms with Gasteiger partial charge in [0.25, 0.3) is 0 Å². The number of hydrogen-bond acceptors (Lipinski definition) is 5. The third kappa shape index (κ3) is 4.73. The predicted molar refractivity (Wildman–Crippen MR) is 176 cm³/mol. The molecule has 2 aliphatic heterocycles. The quantitative estimate of drug-likeness (QED) is 0.207. The molecule has 0 aliphatic carbocycles. The maximum Gasteiger partial charge on any atom is 0.179 e. The molecule has 0 saturated heterocycles. The Balaban J connectivity index is 1.42. The van der Waals surface area contributed by atoms with Crippen LogP contribution in [-0.4, -0.2) is 21.5 Å². The molecule has 3 heterocycles. The lowest BCUT2D eigenvalue weighted by atomic mass is 9.93. The summed E-state index contributed by atoms with van der Waals surface area (Å²) in [6.45, 7) is 4.30. The number of aliphatic imine (C=N–C) groups is 2. The molecule has 6 nitrogen and oxygen atoms in total. The van der Waals surface area contributed by atoms with Crippen molar-refractivity contribution in [1.82, 2.24) is 9.78 Å². The normalized spacial score (nSPS) is 15.3. The SMILES string of the molecule is CCCCc1ccc(NC2=Nc3ccccc3N3C2=Nc2c(c(C)nn2-c2ccccc2)C3c2cccc(Br)c2)cc1. The van der Waals surface area contributed by atoms with Gasteiger partial charge in [0.2, 0.25) is 0 Å². The second-order valence-electron chi connectivity index (χ2n) is 10.7. The number of aromatic nitrogens is 2. The predicted octanol–water partition coefficient (Wildman–Crippen LogP) is 9.08. The molecule has 0 amide bonds. The van der Waals surface area contributed by atoms with Crippen LogP contribution in [0.1, 0.15) is 48.2 Å². The van der Waals surface area contributed by atoms with Crippen molar-refractivity contribution in [3.8, 4) is 5.69 Å². The third-order valence-electron chi connectivity index (χ3n) is 7.84. The highest BCUT2D eigenvalue weighted by atomic mass is 79.9. The van der Waals surface area contributed by atoms with E-state index in [0.29, 0.717) is 5.84 Å². The number of para-hydroxylation sites is 3. The van der Waals surface area contributed by atoms with Crippen LogP contribution < -0.4 is 10.2 Å². The molecule has 1 atom stereocenters. The molecule has 0 spiro atoms. The van der Waals surface area contributed by atoms with Gasteiger partial charge >= 0.3 is 0 Å². The summed E-state index contributed by atoms with van der Waals surface area (Å²) in [5.41, 5.74) is 8.37. The summed E-state index contributed by atoms with van der Waals surface area (Å²) in [6.07, 6.45) is 3.47. The monoisotopic (exact) mass is 614 g/mol. The molecule has 1 N–H and O–H groups in total. The van der Waals surface area contributed by atoms with Gasteiger partial charge in [-0.05, 0) is 79.4 Å². The molecule has 4 aromatic carbocycles. The molecule has 0 radical (unpaired) electrons. The van der Waals surface area contributed by atoms with E-state index in [1.54, 1.807) is 0 Å². The lowest BCUT2D eigenvalue weighted by Crippen LogP contribution is -2.46. The second-order valence-corrected chi connectivity index (χ2v) is 11.6. The first-order valence-corrected chi connectivity index (χ1v) is 15.2. The summed E-state index contributed by atoms with van der Waals surface area (Å²) < 4.78 is 2.99. The van der Waals surface area contributed by atoms with Gasteiger partial charge in [-0.15, -0.1) is 0 Å². The van der Waals surface area contributed by atoms with Crippen molar-refractivity contribution in [3.05, 3.63) is 130 Å². The van der Waals surface area contributed by atoms with Gasteiger partial charge in [-0.2, -0.15) is 5.10 Å². The Kier molecular flexibility index (Phi) is 6.96. The van der Waals surface area contributed by atoms with Gasteiger partial charge in [0, 0.05) is 15.7 Å². The number of benzene rings is 4. The van der Waals surface area contributed by atoms with E-state index in [4.69, 9.17) is 15.1 Å². The van der Waals surface area contributed by atoms with Gasteiger partial charge in [0.05, 0.1) is 28.8 Å². The highest BCUT2D eigenvalue weighted by molar-refractivity contribution is 9.10. The number of unbranched alkanes of at least 4 members (excludes halogenated alkanes) is 1. The number of nitrogens with zero attached hydrogens (tertiary/aromatic N) is 5. The molecule has 7 heteroatoms. The summed E-state index contributed by atoms with van der Waals surface area (Å²) in [5.74, 6) is 2.29. The first-order chi connectivity index (χ1) is 20.6. The molecule has 2 aliphatic rings. The minimum absolute atomic E-state index is 0.160. The highest BCUT2D eigenvalue weighted by Crippen LogP contribution is 2.48. The number of halogens is 1. The minimum atomic E-state index is -0.160. The fourth-order valence-corrected chi connectivity index (χ4v) is 6.23. The van der Waals surface area contributed by atoms with Gasteiger partial charge in [0.1, 0.15) is 0 Å². The zero-order chi connectivity index (χ0) is 28.6. The Morgan fingerprint density at radius 1 is 0.857 bits per heavy atom. The van der Waals surface area contributed by atoms with E-state index < -0.39 is 0 Å². The molecular formula is C35H31BrN6. The second kappa shape index (κ2) is 11.1. The summed E-state index contributed by atoms with van der Waals surface area (Å²) >= 11 is 3.72. The number of anilines is 2. The first kappa shape index (κ1) is 26.4. The number of fused-ring (bicyclic) bond motifs is 4. The Hall–Kier alpha value is -4.49. The fourth-order valence-electron chi connectivity index (χ4n) is 5.81. The summed E-state index contributed by atoms with van der Waals surface area (Å²) in [5, 5.41) is 8.65. The van der Waals surface area contributed by atoms with E-state index in [2.05, 4.69) is 119 Å². The Labute approximate surface area is 254 Å². The van der Waals surface area contributed by atoms with Crippen LogP contribution in [0.5, 0.6) is 0 Å². The number of rotatable bonds is 6. The zero-order valence-corrected chi connectivity index (χ0v) is 25.2. The lowest BCUT2D eigenvalue weighted by Gasteiger charge is -2.40. The van der Waals surface area contributed by atoms with Gasteiger partial charge in [-0.25, -0.2) is 14.7 Å². The smallest absolute Gasteiger partial charge is 0.179 e. The Morgan fingerprint density at radius 3 is 2.43 bits per heavy atom. The van der Waals surface area contributed by atoms with E-state index in [-0.39, 0.29) is 6.04 Å². The van der Waals surface area contributed by atoms with Crippen LogP contribution in [-0.2, 0) is 6.42 Å². The number of aryl methyl sites for hydroxylation is 2. The number of hydrogen-bond donors (Lipinski definition) is 1. The van der Waals surface area contributed by atoms with Crippen molar-refractivity contribution in [2.45, 2.75) is 39.2 Å². The molecule has 0 bridgehead atoms. The maximum atomic E-state index is 5.34. The largest absolute Gasteiger partial charge is 0.337 e. The van der Waals surface area contributed by atoms with E-state index >= 15 is 0 Å². The van der Waals surface area contributed by atoms with Crippen LogP contribution in [0.25, 0.3) is 5.69 Å². The molecular weight excluding hydrogens is 584 g/mol. The van der Waals surface area contributed by atoms with E-state index in [1.165, 1.54) is 18.4 Å². The highest BCUT2D eigenvalue weighted by Gasteiger charge is 2.41. The zero-order valence-electron chi connectivity index (χ0n) is 23.6. The fraction of sp³-hybridized carbons (Fsp3) is 0.171. The summed E-state index contributed by atoms with van der Waals surface area (Å²) in [7, 11) is 0. The average Bonchev–Trinajstić information content (AvgIpc) is 3.36. The van der Waals surface area contributed by atoms with Crippen molar-refractivity contribution in [1.29, 1.82) is 0 Å². The molecule has 1 aromatic heterocycles. The van der Waals surface area contributed by atoms with Crippen LogP contribution in [0, 0.1) is 6.92 Å². The average molecular weight is 616 g/mol. The van der Waals surface area contributed by atoms with Crippen LogP contribution in [0.4, 0.5) is 22.9 Å². The summed E-state index contributed by atoms with van der Waals surface area (Å²) in [4.78, 5) is 12.8. The van der Waals surface area contributed by atoms with Gasteiger partial charge in [0.15, 0.2) is 17.5 Å². The van der Waals surface area contributed by atoms with Crippen LogP contribution >= 0.6 is 15.9 Å². The van der Waals surface area contributed by atoms with Crippen molar-refractivity contribution < 1.29 is 0 Å². The molecule has 1 unspecified atom stereocenters. The van der Waals surface area contributed by atoms with E-state index in [9.17, 15) is 0 Å². The lowest BCUT2D eigenvalue weighted by molar-refractivity contribution is 0.795. The van der Waals surface area contributed by atoms with Crippen LogP contribution in [0.2, 0.25) is 0 Å². The number of amidine groups is 2. The molecule has 7 rings (SSSR count). The molecule has 0 fully saturated rings. The molecule has 42 heavy (non-hydrogen) atoms. The molecule has 208 valence electrons. The molecule has 5 aromatic rings. The van der Waals surface area contributed by atoms with E-state index in [0.717, 1.165) is 62.1 Å². The van der Waals surface area contributed by atoms with Crippen molar-refractivity contribution >= 4 is 50.5 Å². The van der Waals surface area contributed by atoms with Crippen molar-refractivity contribution in [2.75, 3.05) is 10.2 Å². The van der Waals surface area contributed by atoms with Crippen molar-refractivity contribution in [2.24, 2.45) is 9.98 Å². The maximum absolute atomic E-state index is 5.34. The molecule has 0 saturated carbocycles. The van der Waals surface area contributed by atoms with Crippen molar-refractivity contribution in [3.63, 3.8) is 0 Å². The Morgan fingerprint density at radius 2 is 1.64 bits per heavy atom. The Bertz CT molecular complexity index is 1820. The number of nitrogens with one attached hydrogen (secondary N) is 1. The third-order valence-corrected chi connectivity index (χ3v) is 8.33. The topological polar surface area (TPSA) is 57.8 Å². The summed E-state index contributed by atoms with van der Waals surface area (Å²) in [6, 6.07) is 35.5. The van der Waals surface area contributed by atoms with Gasteiger partial charge in [-0.3, -0.25) is 0 Å². The first-order valence-electron chi connectivity index (χ1n) is 14.4. The van der Waals surface area contributed by atoms with Crippen LogP contribution in [0.15, 0.2) is 118 Å². The van der Waals surface area contributed by atoms with Gasteiger partial charge < -0.3 is 10.2 Å². The standard InChI is InChI=1S/C35H31BrN6/c1-3-4-11-24-18-20-27(21-19-24)37-33-35-39-34-31(23(2)40-42(34)28-14-6-5-7-15-28)32(25-12-10-13-26(36)22-25)41(35)30-17-9-8-16-29(30)38-33/h5-10,12-22,32H,3-4,11H2,1-2H3,(H,37,38). The van der Waals surface area contributed by atoms with E-state index in [1.807, 2.05) is 28.9 Å².